The number of aromatic nitrogens is 1. The molecule has 0 fully saturated rings. The van der Waals surface area contributed by atoms with Crippen LogP contribution in [0.2, 0.25) is 10.0 Å². The van der Waals surface area contributed by atoms with E-state index >= 15 is 0 Å². The number of hydrogen-bond acceptors (Lipinski definition) is 7. The minimum atomic E-state index is -3.86. The summed E-state index contributed by atoms with van der Waals surface area (Å²) >= 11 is 12.1. The Morgan fingerprint density at radius 2 is 1.78 bits per heavy atom. The molecule has 0 bridgehead atoms. The number of anilines is 2. The number of nitrogens with one attached hydrogen (secondary N) is 2. The highest BCUT2D eigenvalue weighted by Crippen LogP contribution is 2.29. The summed E-state index contributed by atoms with van der Waals surface area (Å²) in [6, 6.07) is 19.3. The smallest absolute Gasteiger partial charge is 0.263 e. The quantitative estimate of drug-likeness (QED) is 0.212. The maximum Gasteiger partial charge on any atom is 0.263 e. The molecule has 1 unspecified atom stereocenters. The number of nitrogens with zero attached hydrogens (tertiary/aromatic N) is 1. The van der Waals surface area contributed by atoms with E-state index in [-0.39, 0.29) is 22.9 Å². The van der Waals surface area contributed by atoms with Crippen LogP contribution in [0.15, 0.2) is 82.2 Å². The summed E-state index contributed by atoms with van der Waals surface area (Å²) in [5.41, 5.74) is 1.86. The lowest BCUT2D eigenvalue weighted by Crippen LogP contribution is -2.16. The van der Waals surface area contributed by atoms with Gasteiger partial charge in [-0.05, 0) is 67.1 Å². The van der Waals surface area contributed by atoms with E-state index in [2.05, 4.69) is 15.2 Å². The summed E-state index contributed by atoms with van der Waals surface area (Å²) in [6.07, 6.45) is 0.0955. The second kappa shape index (κ2) is 11.2. The number of halogens is 2. The molecule has 0 saturated carbocycles. The molecular weight excluding hydrogens is 537 g/mol. The molecule has 1 aromatic heterocycles. The minimum Gasteiger partial charge on any atom is -0.497 e. The first kappa shape index (κ1) is 26.5. The summed E-state index contributed by atoms with van der Waals surface area (Å²) in [4.78, 5) is 13.2. The molecule has 0 radical (unpaired) electrons. The van der Waals surface area contributed by atoms with Gasteiger partial charge in [0.25, 0.3) is 10.0 Å². The van der Waals surface area contributed by atoms with Crippen molar-refractivity contribution >= 4 is 50.5 Å². The lowest BCUT2D eigenvalue weighted by molar-refractivity contribution is 0.0976. The third-order valence-corrected chi connectivity index (χ3v) is 7.61. The highest BCUT2D eigenvalue weighted by molar-refractivity contribution is 7.92. The van der Waals surface area contributed by atoms with Crippen LogP contribution in [0.5, 0.6) is 5.75 Å². The van der Waals surface area contributed by atoms with Crippen LogP contribution in [0, 0.1) is 6.92 Å². The van der Waals surface area contributed by atoms with Gasteiger partial charge in [0.2, 0.25) is 0 Å². The monoisotopic (exact) mass is 559 g/mol. The topological polar surface area (TPSA) is 111 Å². The Balaban J connectivity index is 1.57. The zero-order valence-electron chi connectivity index (χ0n) is 19.9. The van der Waals surface area contributed by atoms with Crippen molar-refractivity contribution in [3.05, 3.63) is 99.7 Å². The number of rotatable bonds is 10. The summed E-state index contributed by atoms with van der Waals surface area (Å²) in [7, 11) is -2.30. The van der Waals surface area contributed by atoms with Crippen LogP contribution in [0.1, 0.15) is 34.1 Å². The average molecular weight is 560 g/mol. The van der Waals surface area contributed by atoms with Gasteiger partial charge in [0.05, 0.1) is 28.1 Å². The lowest BCUT2D eigenvalue weighted by Gasteiger charge is -2.21. The molecule has 8 nitrogen and oxygen atoms in total. The van der Waals surface area contributed by atoms with Crippen molar-refractivity contribution in [2.24, 2.45) is 0 Å². The Labute approximate surface area is 224 Å². The number of ether oxygens (including phenoxy) is 1. The molecule has 2 N–H and O–H groups in total. The Morgan fingerprint density at radius 3 is 2.43 bits per heavy atom. The van der Waals surface area contributed by atoms with E-state index in [1.54, 1.807) is 38.3 Å². The first-order valence-electron chi connectivity index (χ1n) is 11.1. The van der Waals surface area contributed by atoms with Gasteiger partial charge in [-0.3, -0.25) is 9.52 Å². The highest BCUT2D eigenvalue weighted by Gasteiger charge is 2.20. The van der Waals surface area contributed by atoms with E-state index in [0.29, 0.717) is 32.8 Å². The van der Waals surface area contributed by atoms with Crippen LogP contribution in [0.4, 0.5) is 11.5 Å². The van der Waals surface area contributed by atoms with E-state index in [4.69, 9.17) is 32.5 Å². The van der Waals surface area contributed by atoms with Gasteiger partial charge in [0, 0.05) is 23.7 Å². The average Bonchev–Trinajstić information content (AvgIpc) is 3.29. The van der Waals surface area contributed by atoms with Gasteiger partial charge in [-0.1, -0.05) is 40.5 Å². The van der Waals surface area contributed by atoms with E-state index in [1.165, 1.54) is 24.3 Å². The minimum absolute atomic E-state index is 0.0449. The number of Topliss-reactive ketones (excluding diaryl/α,β-unsaturated/α-hetero) is 1. The predicted octanol–water partition coefficient (Wildman–Crippen LogP) is 6.53. The van der Waals surface area contributed by atoms with Crippen molar-refractivity contribution in [1.82, 2.24) is 5.16 Å². The normalized spacial score (nSPS) is 12.1. The van der Waals surface area contributed by atoms with Gasteiger partial charge < -0.3 is 14.6 Å². The van der Waals surface area contributed by atoms with Gasteiger partial charge in [-0.25, -0.2) is 8.42 Å². The van der Waals surface area contributed by atoms with E-state index in [9.17, 15) is 13.2 Å². The molecule has 0 amide bonds. The Hall–Kier alpha value is -3.53. The van der Waals surface area contributed by atoms with Crippen LogP contribution < -0.4 is 14.8 Å². The first-order chi connectivity index (χ1) is 17.6. The number of carbonyl (C=O) groups excluding carboxylic acids is 1. The summed E-state index contributed by atoms with van der Waals surface area (Å²) in [5.74, 6) is 1.07. The first-order valence-corrected chi connectivity index (χ1v) is 13.3. The second-order valence-corrected chi connectivity index (χ2v) is 10.7. The molecule has 0 aliphatic carbocycles. The van der Waals surface area contributed by atoms with Crippen molar-refractivity contribution in [2.45, 2.75) is 24.3 Å². The number of carbonyl (C=O) groups is 1. The van der Waals surface area contributed by atoms with Crippen LogP contribution in [-0.4, -0.2) is 26.5 Å². The van der Waals surface area contributed by atoms with Crippen LogP contribution in [0.25, 0.3) is 0 Å². The number of aryl methyl sites for hydroxylation is 1. The van der Waals surface area contributed by atoms with Crippen molar-refractivity contribution in [1.29, 1.82) is 0 Å². The van der Waals surface area contributed by atoms with Gasteiger partial charge in [0.1, 0.15) is 11.5 Å². The van der Waals surface area contributed by atoms with Gasteiger partial charge in [0.15, 0.2) is 11.6 Å². The Morgan fingerprint density at radius 1 is 1.03 bits per heavy atom. The second-order valence-electron chi connectivity index (χ2n) is 8.18. The molecule has 0 aliphatic heterocycles. The molecule has 11 heteroatoms. The molecule has 0 aliphatic rings. The summed E-state index contributed by atoms with van der Waals surface area (Å²) in [6.45, 7) is 1.66. The maximum atomic E-state index is 13.1. The van der Waals surface area contributed by atoms with Crippen molar-refractivity contribution in [2.75, 3.05) is 17.1 Å². The van der Waals surface area contributed by atoms with E-state index in [1.807, 2.05) is 24.3 Å². The molecule has 0 saturated heterocycles. The zero-order chi connectivity index (χ0) is 26.6. The predicted molar refractivity (Wildman–Crippen MR) is 143 cm³/mol. The van der Waals surface area contributed by atoms with Crippen molar-refractivity contribution < 1.29 is 22.5 Å². The Kier molecular flexibility index (Phi) is 8.06. The van der Waals surface area contributed by atoms with Crippen molar-refractivity contribution in [3.8, 4) is 5.75 Å². The molecule has 1 heterocycles. The third kappa shape index (κ3) is 6.62. The highest BCUT2D eigenvalue weighted by atomic mass is 35.5. The molecule has 0 spiro atoms. The van der Waals surface area contributed by atoms with E-state index in [0.717, 1.165) is 5.56 Å². The maximum absolute atomic E-state index is 13.1. The van der Waals surface area contributed by atoms with Crippen LogP contribution in [-0.2, 0) is 10.0 Å². The molecular formula is C26H23Cl2N3O5S. The number of ketones is 1. The number of sulfonamides is 1. The number of benzene rings is 3. The van der Waals surface area contributed by atoms with E-state index < -0.39 is 16.1 Å². The standard InChI is InChI=1S/C26H23Cl2N3O5S/c1-16-12-26(30-36-16)31-37(33,34)21-9-7-19(8-10-21)29-24(17-4-3-5-20(13-17)35-2)15-25(32)18-6-11-22(27)23(28)14-18/h3-14,24,29H,15H2,1-2H3,(H,30,31). The van der Waals surface area contributed by atoms with Crippen LogP contribution >= 0.6 is 23.2 Å². The molecule has 4 rings (SSSR count). The molecule has 192 valence electrons. The zero-order valence-corrected chi connectivity index (χ0v) is 22.2. The number of hydrogen-bond donors (Lipinski definition) is 2. The van der Waals surface area contributed by atoms with Gasteiger partial charge in [-0.2, -0.15) is 0 Å². The molecule has 3 aromatic carbocycles. The Bertz CT molecular complexity index is 1520. The summed E-state index contributed by atoms with van der Waals surface area (Å²) in [5, 5.41) is 7.65. The van der Waals surface area contributed by atoms with Gasteiger partial charge in [-0.15, -0.1) is 0 Å². The fourth-order valence-electron chi connectivity index (χ4n) is 3.63. The third-order valence-electron chi connectivity index (χ3n) is 5.50. The largest absolute Gasteiger partial charge is 0.497 e. The fraction of sp³-hybridized carbons (Fsp3) is 0.154. The fourth-order valence-corrected chi connectivity index (χ4v) is 4.91. The molecule has 4 aromatic rings. The molecule has 37 heavy (non-hydrogen) atoms. The number of methoxy groups -OCH3 is 1. The van der Waals surface area contributed by atoms with Crippen molar-refractivity contribution in [3.63, 3.8) is 0 Å². The molecule has 1 atom stereocenters. The van der Waals surface area contributed by atoms with Crippen LogP contribution in [0.3, 0.4) is 0 Å². The summed E-state index contributed by atoms with van der Waals surface area (Å²) < 4.78 is 38.0. The van der Waals surface area contributed by atoms with Gasteiger partial charge >= 0.3 is 0 Å². The SMILES string of the molecule is COc1cccc(C(CC(=O)c2ccc(Cl)c(Cl)c2)Nc2ccc(S(=O)(=O)Nc3cc(C)on3)cc2)c1. The lowest BCUT2D eigenvalue weighted by atomic mass is 9.97.